The summed E-state index contributed by atoms with van der Waals surface area (Å²) in [7, 11) is 1.79. The quantitative estimate of drug-likeness (QED) is 0.534. The van der Waals surface area contributed by atoms with Crippen LogP contribution >= 0.6 is 11.3 Å². The van der Waals surface area contributed by atoms with Crippen LogP contribution in [0.2, 0.25) is 0 Å². The Morgan fingerprint density at radius 3 is 2.57 bits per heavy atom. The molecule has 1 unspecified atom stereocenters. The van der Waals surface area contributed by atoms with Crippen molar-refractivity contribution < 1.29 is 4.74 Å². The van der Waals surface area contributed by atoms with E-state index < -0.39 is 0 Å². The number of aromatic nitrogens is 1. The van der Waals surface area contributed by atoms with Gasteiger partial charge in [0.05, 0.1) is 18.3 Å². The van der Waals surface area contributed by atoms with Crippen LogP contribution in [-0.4, -0.2) is 37.2 Å². The lowest BCUT2D eigenvalue weighted by molar-refractivity contribution is 0.0258. The zero-order valence-corrected chi connectivity index (χ0v) is 16.2. The number of hydrogen-bond acceptors (Lipinski definition) is 4. The predicted molar refractivity (Wildman–Crippen MR) is 99.3 cm³/mol. The minimum Gasteiger partial charge on any atom is -0.378 e. The fourth-order valence-corrected chi connectivity index (χ4v) is 3.10. The summed E-state index contributed by atoms with van der Waals surface area (Å²) >= 11 is 1.69. The molecule has 0 aliphatic heterocycles. The van der Waals surface area contributed by atoms with E-state index in [1.165, 1.54) is 0 Å². The van der Waals surface area contributed by atoms with Crippen LogP contribution in [0, 0.1) is 5.92 Å². The molecule has 5 nitrogen and oxygen atoms in total. The van der Waals surface area contributed by atoms with Crippen LogP contribution in [0.25, 0.3) is 0 Å². The topological polar surface area (TPSA) is 58.5 Å². The molecule has 1 atom stereocenters. The molecule has 0 fully saturated rings. The van der Waals surface area contributed by atoms with Gasteiger partial charge in [-0.1, -0.05) is 27.7 Å². The fraction of sp³-hybridized carbons (Fsp3) is 0.765. The third kappa shape index (κ3) is 7.31. The Morgan fingerprint density at radius 2 is 2.04 bits per heavy atom. The fourth-order valence-electron chi connectivity index (χ4n) is 2.21. The molecule has 0 amide bonds. The molecule has 0 aliphatic carbocycles. The highest BCUT2D eigenvalue weighted by Gasteiger charge is 2.13. The number of hydrogen-bond donors (Lipinski definition) is 2. The summed E-state index contributed by atoms with van der Waals surface area (Å²) in [6.07, 6.45) is 1.26. The minimum absolute atomic E-state index is 0.290. The van der Waals surface area contributed by atoms with Gasteiger partial charge in [0.2, 0.25) is 0 Å². The molecule has 132 valence electrons. The molecule has 6 heteroatoms. The summed E-state index contributed by atoms with van der Waals surface area (Å²) < 4.78 is 5.76. The SMILES string of the molecule is CCOC(CCNC(=NC)NCc1nc(C(C)C)cs1)C(C)C. The Morgan fingerprint density at radius 1 is 1.30 bits per heavy atom. The van der Waals surface area contributed by atoms with Crippen molar-refractivity contribution >= 4 is 17.3 Å². The Labute approximate surface area is 145 Å². The van der Waals surface area contributed by atoms with E-state index in [9.17, 15) is 0 Å². The Kier molecular flexibility index (Phi) is 9.17. The normalized spacial score (nSPS) is 13.7. The van der Waals surface area contributed by atoms with Gasteiger partial charge in [-0.25, -0.2) is 4.98 Å². The van der Waals surface area contributed by atoms with Crippen molar-refractivity contribution in [2.75, 3.05) is 20.2 Å². The Bertz CT molecular complexity index is 471. The number of ether oxygens (including phenoxy) is 1. The maximum Gasteiger partial charge on any atom is 0.191 e. The van der Waals surface area contributed by atoms with E-state index >= 15 is 0 Å². The van der Waals surface area contributed by atoms with Crippen LogP contribution in [-0.2, 0) is 11.3 Å². The van der Waals surface area contributed by atoms with Gasteiger partial charge in [-0.2, -0.15) is 0 Å². The van der Waals surface area contributed by atoms with E-state index in [0.29, 0.717) is 18.4 Å². The average molecular weight is 341 g/mol. The lowest BCUT2D eigenvalue weighted by Crippen LogP contribution is -2.38. The number of rotatable bonds is 9. The average Bonchev–Trinajstić information content (AvgIpc) is 2.98. The summed E-state index contributed by atoms with van der Waals surface area (Å²) in [6.45, 7) is 13.1. The number of guanidine groups is 1. The summed E-state index contributed by atoms with van der Waals surface area (Å²) in [5.74, 6) is 1.81. The van der Waals surface area contributed by atoms with Gasteiger partial charge < -0.3 is 15.4 Å². The van der Waals surface area contributed by atoms with E-state index in [4.69, 9.17) is 4.74 Å². The van der Waals surface area contributed by atoms with Gasteiger partial charge in [-0.05, 0) is 25.2 Å². The zero-order valence-electron chi connectivity index (χ0n) is 15.3. The summed E-state index contributed by atoms with van der Waals surface area (Å²) in [5, 5.41) is 9.89. The minimum atomic E-state index is 0.290. The highest BCUT2D eigenvalue weighted by atomic mass is 32.1. The maximum absolute atomic E-state index is 5.76. The molecule has 0 spiro atoms. The molecule has 0 saturated carbocycles. The first-order valence-electron chi connectivity index (χ1n) is 8.48. The highest BCUT2D eigenvalue weighted by molar-refractivity contribution is 7.09. The standard InChI is InChI=1S/C17H32N4OS/c1-7-22-15(13(4)5)8-9-19-17(18-6)20-10-16-21-14(11-23-16)12(2)3/h11-13,15H,7-10H2,1-6H3,(H2,18,19,20). The zero-order chi connectivity index (χ0) is 17.2. The molecule has 1 aromatic heterocycles. The molecule has 0 radical (unpaired) electrons. The predicted octanol–water partition coefficient (Wildman–Crippen LogP) is 3.38. The highest BCUT2D eigenvalue weighted by Crippen LogP contribution is 2.17. The molecular weight excluding hydrogens is 308 g/mol. The molecule has 1 rings (SSSR count). The van der Waals surface area contributed by atoms with Gasteiger partial charge in [0.1, 0.15) is 5.01 Å². The van der Waals surface area contributed by atoms with Crippen LogP contribution in [0.15, 0.2) is 10.4 Å². The van der Waals surface area contributed by atoms with Crippen molar-refractivity contribution in [1.82, 2.24) is 15.6 Å². The second-order valence-electron chi connectivity index (χ2n) is 6.20. The van der Waals surface area contributed by atoms with Gasteiger partial charge in [0.15, 0.2) is 5.96 Å². The van der Waals surface area contributed by atoms with Gasteiger partial charge in [-0.15, -0.1) is 11.3 Å². The molecule has 0 aromatic carbocycles. The molecule has 0 aliphatic rings. The molecular formula is C17H32N4OS. The van der Waals surface area contributed by atoms with Crippen molar-refractivity contribution in [3.63, 3.8) is 0 Å². The molecule has 0 saturated heterocycles. The largest absolute Gasteiger partial charge is 0.378 e. The van der Waals surface area contributed by atoms with Crippen molar-refractivity contribution in [1.29, 1.82) is 0 Å². The van der Waals surface area contributed by atoms with Crippen LogP contribution in [0.4, 0.5) is 0 Å². The van der Waals surface area contributed by atoms with Crippen molar-refractivity contribution in [3.05, 3.63) is 16.1 Å². The number of nitrogens with one attached hydrogen (secondary N) is 2. The van der Waals surface area contributed by atoms with Gasteiger partial charge in [0.25, 0.3) is 0 Å². The lowest BCUT2D eigenvalue weighted by atomic mass is 10.0. The molecule has 1 aromatic rings. The van der Waals surface area contributed by atoms with E-state index in [2.05, 4.69) is 53.7 Å². The van der Waals surface area contributed by atoms with Gasteiger partial charge in [-0.3, -0.25) is 4.99 Å². The Balaban J connectivity index is 2.36. The number of nitrogens with zero attached hydrogens (tertiary/aromatic N) is 2. The van der Waals surface area contributed by atoms with Crippen LogP contribution in [0.1, 0.15) is 57.7 Å². The second-order valence-corrected chi connectivity index (χ2v) is 7.14. The summed E-state index contributed by atoms with van der Waals surface area (Å²) in [6, 6.07) is 0. The van der Waals surface area contributed by atoms with Crippen LogP contribution in [0.5, 0.6) is 0 Å². The van der Waals surface area contributed by atoms with Crippen LogP contribution in [0.3, 0.4) is 0 Å². The van der Waals surface area contributed by atoms with Gasteiger partial charge >= 0.3 is 0 Å². The molecule has 23 heavy (non-hydrogen) atoms. The van der Waals surface area contributed by atoms with E-state index in [1.807, 2.05) is 6.92 Å². The first-order valence-corrected chi connectivity index (χ1v) is 9.36. The lowest BCUT2D eigenvalue weighted by Gasteiger charge is -2.21. The third-order valence-electron chi connectivity index (χ3n) is 3.64. The van der Waals surface area contributed by atoms with E-state index in [0.717, 1.165) is 36.2 Å². The second kappa shape index (κ2) is 10.6. The first-order chi connectivity index (χ1) is 11.0. The molecule has 2 N–H and O–H groups in total. The van der Waals surface area contributed by atoms with Crippen molar-refractivity contribution in [2.24, 2.45) is 10.9 Å². The molecule has 1 heterocycles. The van der Waals surface area contributed by atoms with Crippen molar-refractivity contribution in [2.45, 2.75) is 59.6 Å². The number of aliphatic imine (C=N–C) groups is 1. The van der Waals surface area contributed by atoms with E-state index in [-0.39, 0.29) is 6.10 Å². The monoisotopic (exact) mass is 340 g/mol. The molecule has 0 bridgehead atoms. The van der Waals surface area contributed by atoms with Crippen molar-refractivity contribution in [3.8, 4) is 0 Å². The maximum atomic E-state index is 5.76. The smallest absolute Gasteiger partial charge is 0.191 e. The van der Waals surface area contributed by atoms with Gasteiger partial charge in [0, 0.05) is 25.6 Å². The summed E-state index contributed by atoms with van der Waals surface area (Å²) in [4.78, 5) is 8.89. The van der Waals surface area contributed by atoms with Crippen LogP contribution < -0.4 is 10.6 Å². The Hall–Kier alpha value is -1.14. The number of thiazole rings is 1. The summed E-state index contributed by atoms with van der Waals surface area (Å²) in [5.41, 5.74) is 1.16. The third-order valence-corrected chi connectivity index (χ3v) is 4.50. The van der Waals surface area contributed by atoms with E-state index in [1.54, 1.807) is 18.4 Å². The first kappa shape index (κ1) is 19.9.